The maximum absolute atomic E-state index is 12.2. The number of methoxy groups -OCH3 is 2. The molecule has 28 heavy (non-hydrogen) atoms. The van der Waals surface area contributed by atoms with Gasteiger partial charge in [0.25, 0.3) is 5.91 Å². The van der Waals surface area contributed by atoms with E-state index in [1.807, 2.05) is 0 Å². The lowest BCUT2D eigenvalue weighted by Crippen LogP contribution is -2.22. The molecule has 1 heterocycles. The normalized spacial score (nSPS) is 10.4. The van der Waals surface area contributed by atoms with E-state index in [-0.39, 0.29) is 16.9 Å². The lowest BCUT2D eigenvalue weighted by Gasteiger charge is -2.09. The molecular weight excluding hydrogens is 364 g/mol. The van der Waals surface area contributed by atoms with E-state index in [0.717, 1.165) is 5.39 Å². The summed E-state index contributed by atoms with van der Waals surface area (Å²) in [5.74, 6) is -1.19. The number of aromatic amines is 1. The zero-order valence-corrected chi connectivity index (χ0v) is 15.3. The van der Waals surface area contributed by atoms with Gasteiger partial charge in [0.15, 0.2) is 6.61 Å². The summed E-state index contributed by atoms with van der Waals surface area (Å²) in [5.41, 5.74) is 1.40. The Morgan fingerprint density at radius 2 is 1.79 bits per heavy atom. The van der Waals surface area contributed by atoms with Gasteiger partial charge in [-0.3, -0.25) is 4.79 Å². The highest BCUT2D eigenvalue weighted by atomic mass is 16.5. The van der Waals surface area contributed by atoms with Gasteiger partial charge in [-0.2, -0.15) is 0 Å². The van der Waals surface area contributed by atoms with Gasteiger partial charge in [-0.05, 0) is 30.3 Å². The van der Waals surface area contributed by atoms with Crippen molar-refractivity contribution in [3.05, 3.63) is 59.8 Å². The van der Waals surface area contributed by atoms with Crippen LogP contribution in [-0.2, 0) is 14.3 Å². The van der Waals surface area contributed by atoms with Gasteiger partial charge >= 0.3 is 11.9 Å². The minimum Gasteiger partial charge on any atom is -0.497 e. The van der Waals surface area contributed by atoms with E-state index in [2.05, 4.69) is 15.0 Å². The van der Waals surface area contributed by atoms with Crippen molar-refractivity contribution in [3.8, 4) is 5.75 Å². The summed E-state index contributed by atoms with van der Waals surface area (Å²) >= 11 is 0. The van der Waals surface area contributed by atoms with E-state index in [1.54, 1.807) is 49.6 Å². The Hall–Kier alpha value is -3.81. The third-order valence-corrected chi connectivity index (χ3v) is 3.99. The fourth-order valence-electron chi connectivity index (χ4n) is 2.62. The third kappa shape index (κ3) is 4.12. The fourth-order valence-corrected chi connectivity index (χ4v) is 2.62. The second kappa shape index (κ2) is 8.26. The molecule has 2 aromatic carbocycles. The van der Waals surface area contributed by atoms with Crippen LogP contribution in [0.5, 0.6) is 5.75 Å². The van der Waals surface area contributed by atoms with Crippen molar-refractivity contribution in [3.63, 3.8) is 0 Å². The zero-order chi connectivity index (χ0) is 20.1. The van der Waals surface area contributed by atoms with Crippen LogP contribution in [0.25, 0.3) is 10.9 Å². The van der Waals surface area contributed by atoms with E-state index in [0.29, 0.717) is 11.3 Å². The van der Waals surface area contributed by atoms with Gasteiger partial charge in [0.2, 0.25) is 0 Å². The van der Waals surface area contributed by atoms with Gasteiger partial charge in [-0.15, -0.1) is 0 Å². The quantitative estimate of drug-likeness (QED) is 0.635. The summed E-state index contributed by atoms with van der Waals surface area (Å²) in [6, 6.07) is 13.3. The number of aromatic nitrogens is 1. The zero-order valence-electron chi connectivity index (χ0n) is 15.3. The number of carbonyl (C=O) groups is 3. The number of hydrogen-bond donors (Lipinski definition) is 2. The summed E-state index contributed by atoms with van der Waals surface area (Å²) in [5, 5.41) is 3.34. The van der Waals surface area contributed by atoms with Crippen LogP contribution in [0.2, 0.25) is 0 Å². The van der Waals surface area contributed by atoms with Gasteiger partial charge in [-0.1, -0.05) is 12.1 Å². The molecule has 0 aliphatic heterocycles. The Balaban J connectivity index is 1.63. The molecule has 8 heteroatoms. The predicted molar refractivity (Wildman–Crippen MR) is 102 cm³/mol. The number of amides is 1. The highest BCUT2D eigenvalue weighted by Crippen LogP contribution is 2.21. The third-order valence-electron chi connectivity index (χ3n) is 3.99. The summed E-state index contributed by atoms with van der Waals surface area (Å²) in [7, 11) is 2.80. The first-order valence-electron chi connectivity index (χ1n) is 8.33. The number of benzene rings is 2. The van der Waals surface area contributed by atoms with Crippen LogP contribution >= 0.6 is 0 Å². The van der Waals surface area contributed by atoms with Crippen LogP contribution in [0.1, 0.15) is 20.8 Å². The number of anilines is 1. The van der Waals surface area contributed by atoms with Crippen LogP contribution in [0.3, 0.4) is 0 Å². The number of rotatable bonds is 6. The van der Waals surface area contributed by atoms with Crippen LogP contribution < -0.4 is 10.1 Å². The van der Waals surface area contributed by atoms with E-state index < -0.39 is 24.5 Å². The van der Waals surface area contributed by atoms with Crippen LogP contribution in [0.15, 0.2) is 48.5 Å². The summed E-state index contributed by atoms with van der Waals surface area (Å²) < 4.78 is 14.9. The number of ether oxygens (including phenoxy) is 3. The molecule has 0 fully saturated rings. The highest BCUT2D eigenvalue weighted by Gasteiger charge is 2.16. The van der Waals surface area contributed by atoms with Crippen molar-refractivity contribution in [1.29, 1.82) is 0 Å². The minimum absolute atomic E-state index is 0.203. The molecule has 0 aliphatic rings. The number of para-hydroxylation sites is 1. The Labute approximate surface area is 160 Å². The largest absolute Gasteiger partial charge is 0.497 e. The Kier molecular flexibility index (Phi) is 5.59. The number of H-pyrrole nitrogens is 1. The number of esters is 2. The molecule has 0 bridgehead atoms. The second-order valence-corrected chi connectivity index (χ2v) is 5.80. The molecule has 0 radical (unpaired) electrons. The van der Waals surface area contributed by atoms with Gasteiger partial charge < -0.3 is 24.5 Å². The molecule has 144 valence electrons. The molecule has 0 unspecified atom stereocenters. The van der Waals surface area contributed by atoms with Crippen molar-refractivity contribution in [1.82, 2.24) is 4.98 Å². The Morgan fingerprint density at radius 3 is 2.54 bits per heavy atom. The summed E-state index contributed by atoms with van der Waals surface area (Å²) in [6.07, 6.45) is 0. The molecule has 8 nitrogen and oxygen atoms in total. The fraction of sp³-hybridized carbons (Fsp3) is 0.150. The van der Waals surface area contributed by atoms with Gasteiger partial charge in [0.1, 0.15) is 11.4 Å². The van der Waals surface area contributed by atoms with Crippen LogP contribution in [0.4, 0.5) is 5.69 Å². The number of carbonyl (C=O) groups excluding carboxylic acids is 3. The van der Waals surface area contributed by atoms with Crippen molar-refractivity contribution < 1.29 is 28.6 Å². The smallest absolute Gasteiger partial charge is 0.355 e. The minimum atomic E-state index is -0.674. The van der Waals surface area contributed by atoms with E-state index in [1.165, 1.54) is 13.2 Å². The molecule has 0 saturated carbocycles. The van der Waals surface area contributed by atoms with Gasteiger partial charge in [0.05, 0.1) is 25.5 Å². The van der Waals surface area contributed by atoms with Crippen molar-refractivity contribution in [2.45, 2.75) is 0 Å². The Morgan fingerprint density at radius 1 is 1.00 bits per heavy atom. The number of nitrogens with one attached hydrogen (secondary N) is 2. The van der Waals surface area contributed by atoms with Gasteiger partial charge in [0, 0.05) is 17.0 Å². The Bertz CT molecular complexity index is 1040. The van der Waals surface area contributed by atoms with E-state index in [4.69, 9.17) is 9.47 Å². The first kappa shape index (κ1) is 19.0. The standard InChI is InChI=1S/C20H18N2O6/c1-26-13-8-7-12-9-17(21-16(12)10-13)20(25)28-11-18(23)22-15-6-4-3-5-14(15)19(24)27-2/h3-10,21H,11H2,1-2H3,(H,22,23). The first-order chi connectivity index (χ1) is 13.5. The molecule has 0 spiro atoms. The van der Waals surface area contributed by atoms with Crippen molar-refractivity contribution >= 4 is 34.4 Å². The molecule has 3 aromatic rings. The van der Waals surface area contributed by atoms with Crippen LogP contribution in [-0.4, -0.2) is 43.7 Å². The molecule has 1 aromatic heterocycles. The lowest BCUT2D eigenvalue weighted by molar-refractivity contribution is -0.119. The molecule has 2 N–H and O–H groups in total. The van der Waals surface area contributed by atoms with Crippen molar-refractivity contribution in [2.24, 2.45) is 0 Å². The first-order valence-corrected chi connectivity index (χ1v) is 8.33. The SMILES string of the molecule is COC(=O)c1ccccc1NC(=O)COC(=O)c1cc2ccc(OC)cc2[nH]1. The molecule has 0 saturated heterocycles. The van der Waals surface area contributed by atoms with E-state index >= 15 is 0 Å². The maximum Gasteiger partial charge on any atom is 0.355 e. The molecule has 0 atom stereocenters. The van der Waals surface area contributed by atoms with Crippen LogP contribution in [0, 0.1) is 0 Å². The summed E-state index contributed by atoms with van der Waals surface area (Å²) in [6.45, 7) is -0.507. The second-order valence-electron chi connectivity index (χ2n) is 5.80. The van der Waals surface area contributed by atoms with Crippen molar-refractivity contribution in [2.75, 3.05) is 26.1 Å². The number of hydrogen-bond acceptors (Lipinski definition) is 6. The monoisotopic (exact) mass is 382 g/mol. The molecule has 1 amide bonds. The predicted octanol–water partition coefficient (Wildman–Crippen LogP) is 2.76. The summed E-state index contributed by atoms with van der Waals surface area (Å²) in [4.78, 5) is 39.0. The van der Waals surface area contributed by atoms with Gasteiger partial charge in [-0.25, -0.2) is 9.59 Å². The average Bonchev–Trinajstić information content (AvgIpc) is 3.15. The lowest BCUT2D eigenvalue weighted by atomic mass is 10.2. The maximum atomic E-state index is 12.2. The number of fused-ring (bicyclic) bond motifs is 1. The molecular formula is C20H18N2O6. The molecule has 0 aliphatic carbocycles. The topological polar surface area (TPSA) is 107 Å². The van der Waals surface area contributed by atoms with E-state index in [9.17, 15) is 14.4 Å². The molecule has 3 rings (SSSR count). The average molecular weight is 382 g/mol. The highest BCUT2D eigenvalue weighted by molar-refractivity contribution is 6.02.